The van der Waals surface area contributed by atoms with Crippen molar-refractivity contribution in [2.45, 2.75) is 77.3 Å². The molecule has 2 aliphatic rings. The molecule has 0 saturated carbocycles. The third-order valence-corrected chi connectivity index (χ3v) is 5.07. The van der Waals surface area contributed by atoms with E-state index < -0.39 is 0 Å². The van der Waals surface area contributed by atoms with Crippen molar-refractivity contribution in [2.75, 3.05) is 26.2 Å². The maximum atomic E-state index is 12.3. The predicted octanol–water partition coefficient (Wildman–Crippen LogP) is 3.23. The van der Waals surface area contributed by atoms with E-state index in [2.05, 4.69) is 24.1 Å². The molecule has 4 nitrogen and oxygen atoms in total. The van der Waals surface area contributed by atoms with Gasteiger partial charge in [-0.2, -0.15) is 0 Å². The van der Waals surface area contributed by atoms with E-state index in [-0.39, 0.29) is 6.03 Å². The lowest BCUT2D eigenvalue weighted by Gasteiger charge is -2.43. The first kappa shape index (κ1) is 16.6. The molecular weight excluding hydrogens is 262 g/mol. The molecule has 122 valence electrons. The molecule has 0 radical (unpaired) electrons. The van der Waals surface area contributed by atoms with Crippen molar-refractivity contribution in [3.05, 3.63) is 0 Å². The van der Waals surface area contributed by atoms with Crippen LogP contribution in [-0.2, 0) is 0 Å². The summed E-state index contributed by atoms with van der Waals surface area (Å²) in [5, 5.41) is 3.09. The van der Waals surface area contributed by atoms with Gasteiger partial charge < -0.3 is 15.1 Å². The van der Waals surface area contributed by atoms with Crippen LogP contribution in [0.25, 0.3) is 0 Å². The summed E-state index contributed by atoms with van der Waals surface area (Å²) >= 11 is 0. The summed E-state index contributed by atoms with van der Waals surface area (Å²) in [7, 11) is 0. The monoisotopic (exact) mass is 295 g/mol. The van der Waals surface area contributed by atoms with Crippen molar-refractivity contribution in [2.24, 2.45) is 0 Å². The van der Waals surface area contributed by atoms with Gasteiger partial charge in [0.25, 0.3) is 0 Å². The first-order chi connectivity index (χ1) is 10.2. The molecule has 2 saturated heterocycles. The molecule has 0 aromatic carbocycles. The Morgan fingerprint density at radius 1 is 1.14 bits per heavy atom. The van der Waals surface area contributed by atoms with Crippen LogP contribution in [0.5, 0.6) is 0 Å². The fourth-order valence-electron chi connectivity index (χ4n) is 3.74. The maximum Gasteiger partial charge on any atom is 0.317 e. The van der Waals surface area contributed by atoms with Gasteiger partial charge in [0.15, 0.2) is 0 Å². The number of nitrogens with zero attached hydrogens (tertiary/aromatic N) is 2. The van der Waals surface area contributed by atoms with Crippen LogP contribution in [0.4, 0.5) is 4.79 Å². The van der Waals surface area contributed by atoms with Crippen LogP contribution in [0, 0.1) is 0 Å². The third-order valence-electron chi connectivity index (χ3n) is 5.07. The van der Waals surface area contributed by atoms with Crippen LogP contribution in [0.1, 0.15) is 65.2 Å². The topological polar surface area (TPSA) is 35.6 Å². The number of piperidine rings is 2. The van der Waals surface area contributed by atoms with E-state index in [9.17, 15) is 4.79 Å². The minimum absolute atomic E-state index is 0.149. The lowest BCUT2D eigenvalue weighted by atomic mass is 9.95. The molecule has 0 aromatic rings. The molecule has 2 atom stereocenters. The second-order valence-electron chi connectivity index (χ2n) is 6.76. The van der Waals surface area contributed by atoms with Gasteiger partial charge in [0.05, 0.1) is 0 Å². The maximum absolute atomic E-state index is 12.3. The van der Waals surface area contributed by atoms with Gasteiger partial charge in [0.1, 0.15) is 0 Å². The SMILES string of the molecule is CCCCCNC(=O)N1CCC(N2CCCCC2)C[C@H]1C. The third kappa shape index (κ3) is 4.87. The van der Waals surface area contributed by atoms with E-state index in [1.165, 1.54) is 45.2 Å². The van der Waals surface area contributed by atoms with Crippen LogP contribution >= 0.6 is 0 Å². The number of carbonyl (C=O) groups excluding carboxylic acids is 1. The van der Waals surface area contributed by atoms with Gasteiger partial charge in [0, 0.05) is 25.2 Å². The zero-order valence-electron chi connectivity index (χ0n) is 13.9. The average molecular weight is 295 g/mol. The first-order valence-corrected chi connectivity index (χ1v) is 9.01. The Labute approximate surface area is 130 Å². The molecule has 0 aliphatic carbocycles. The molecule has 0 aromatic heterocycles. The normalized spacial score (nSPS) is 27.6. The Bertz CT molecular complexity index is 315. The van der Waals surface area contributed by atoms with Crippen molar-refractivity contribution in [1.82, 2.24) is 15.1 Å². The van der Waals surface area contributed by atoms with Gasteiger partial charge in [-0.1, -0.05) is 26.2 Å². The molecular formula is C17H33N3O. The van der Waals surface area contributed by atoms with Crippen molar-refractivity contribution in [3.8, 4) is 0 Å². The minimum atomic E-state index is 0.149. The molecule has 2 aliphatic heterocycles. The Morgan fingerprint density at radius 3 is 2.57 bits per heavy atom. The number of urea groups is 1. The summed E-state index contributed by atoms with van der Waals surface area (Å²) in [5.74, 6) is 0. The van der Waals surface area contributed by atoms with Gasteiger partial charge in [-0.3, -0.25) is 0 Å². The number of nitrogens with one attached hydrogen (secondary N) is 1. The van der Waals surface area contributed by atoms with E-state index in [4.69, 9.17) is 0 Å². The number of hydrogen-bond acceptors (Lipinski definition) is 2. The van der Waals surface area contributed by atoms with Gasteiger partial charge >= 0.3 is 6.03 Å². The number of carbonyl (C=O) groups is 1. The summed E-state index contributed by atoms with van der Waals surface area (Å²) in [6.45, 7) is 8.67. The van der Waals surface area contributed by atoms with Crippen LogP contribution in [0.2, 0.25) is 0 Å². The Morgan fingerprint density at radius 2 is 1.90 bits per heavy atom. The Hall–Kier alpha value is -0.770. The lowest BCUT2D eigenvalue weighted by molar-refractivity contribution is 0.0761. The molecule has 2 amide bonds. The highest BCUT2D eigenvalue weighted by molar-refractivity contribution is 5.74. The molecule has 2 fully saturated rings. The largest absolute Gasteiger partial charge is 0.338 e. The Kier molecular flexibility index (Phi) is 6.81. The van der Waals surface area contributed by atoms with Crippen molar-refractivity contribution >= 4 is 6.03 Å². The first-order valence-electron chi connectivity index (χ1n) is 9.01. The lowest BCUT2D eigenvalue weighted by Crippen LogP contribution is -2.54. The minimum Gasteiger partial charge on any atom is -0.338 e. The summed E-state index contributed by atoms with van der Waals surface area (Å²) in [6, 6.07) is 1.22. The molecule has 2 rings (SSSR count). The highest BCUT2D eigenvalue weighted by atomic mass is 16.2. The summed E-state index contributed by atoms with van der Waals surface area (Å²) in [4.78, 5) is 17.0. The van der Waals surface area contributed by atoms with Crippen LogP contribution in [0.3, 0.4) is 0 Å². The van der Waals surface area contributed by atoms with Crippen molar-refractivity contribution in [3.63, 3.8) is 0 Å². The highest BCUT2D eigenvalue weighted by Crippen LogP contribution is 2.24. The van der Waals surface area contributed by atoms with Gasteiger partial charge in [0.2, 0.25) is 0 Å². The van der Waals surface area contributed by atoms with E-state index >= 15 is 0 Å². The predicted molar refractivity (Wildman–Crippen MR) is 87.5 cm³/mol. The molecule has 4 heteroatoms. The molecule has 2 heterocycles. The van der Waals surface area contributed by atoms with Gasteiger partial charge in [-0.05, 0) is 52.1 Å². The van der Waals surface area contributed by atoms with E-state index in [0.29, 0.717) is 12.1 Å². The van der Waals surface area contributed by atoms with Gasteiger partial charge in [-0.15, -0.1) is 0 Å². The number of rotatable bonds is 5. The van der Waals surface area contributed by atoms with E-state index in [1.54, 1.807) is 0 Å². The summed E-state index contributed by atoms with van der Waals surface area (Å²) in [6.07, 6.45) is 9.89. The highest BCUT2D eigenvalue weighted by Gasteiger charge is 2.31. The van der Waals surface area contributed by atoms with E-state index in [1.807, 2.05) is 4.90 Å². The molecule has 1 N–H and O–H groups in total. The standard InChI is InChI=1S/C17H33N3O/c1-3-4-6-10-18-17(21)20-13-9-16(14-15(20)2)19-11-7-5-8-12-19/h15-16H,3-14H2,1-2H3,(H,18,21)/t15-,16?/m1/s1. The van der Waals surface area contributed by atoms with Crippen molar-refractivity contribution < 1.29 is 4.79 Å². The average Bonchev–Trinajstić information content (AvgIpc) is 2.52. The van der Waals surface area contributed by atoms with Gasteiger partial charge in [-0.25, -0.2) is 4.79 Å². The Balaban J connectivity index is 1.73. The fourth-order valence-corrected chi connectivity index (χ4v) is 3.74. The molecule has 21 heavy (non-hydrogen) atoms. The zero-order chi connectivity index (χ0) is 15.1. The molecule has 1 unspecified atom stereocenters. The number of likely N-dealkylation sites (tertiary alicyclic amines) is 2. The number of hydrogen-bond donors (Lipinski definition) is 1. The summed E-state index contributed by atoms with van der Waals surface area (Å²) in [5.41, 5.74) is 0. The van der Waals surface area contributed by atoms with E-state index in [0.717, 1.165) is 32.4 Å². The molecule has 0 bridgehead atoms. The number of unbranched alkanes of at least 4 members (excludes halogenated alkanes) is 2. The second kappa shape index (κ2) is 8.62. The molecule has 0 spiro atoms. The second-order valence-corrected chi connectivity index (χ2v) is 6.76. The smallest absolute Gasteiger partial charge is 0.317 e. The van der Waals surface area contributed by atoms with Crippen LogP contribution < -0.4 is 5.32 Å². The quantitative estimate of drug-likeness (QED) is 0.790. The van der Waals surface area contributed by atoms with Crippen LogP contribution in [-0.4, -0.2) is 54.1 Å². The number of amides is 2. The fraction of sp³-hybridized carbons (Fsp3) is 0.941. The van der Waals surface area contributed by atoms with Crippen molar-refractivity contribution in [1.29, 1.82) is 0 Å². The van der Waals surface area contributed by atoms with Crippen LogP contribution in [0.15, 0.2) is 0 Å². The summed E-state index contributed by atoms with van der Waals surface area (Å²) < 4.78 is 0. The zero-order valence-corrected chi connectivity index (χ0v) is 13.9.